The first-order chi connectivity index (χ1) is 18.1. The molecule has 37 heavy (non-hydrogen) atoms. The van der Waals surface area contributed by atoms with E-state index in [4.69, 9.17) is 9.84 Å². The SMILES string of the molecule is COc1ccc(C2CC(c3ccccc3)=NN2C(=O)CN2CCC(NC(=O)c3ccccc3)CC2)cc1. The van der Waals surface area contributed by atoms with Gasteiger partial charge in [-0.2, -0.15) is 5.10 Å². The van der Waals surface area contributed by atoms with Crippen molar-refractivity contribution in [1.82, 2.24) is 15.2 Å². The summed E-state index contributed by atoms with van der Waals surface area (Å²) < 4.78 is 5.31. The number of carbonyl (C=O) groups is 2. The molecule has 0 spiro atoms. The van der Waals surface area contributed by atoms with E-state index >= 15 is 0 Å². The maximum Gasteiger partial charge on any atom is 0.257 e. The number of likely N-dealkylation sites (tertiary alicyclic amines) is 1. The van der Waals surface area contributed by atoms with E-state index in [1.807, 2.05) is 84.9 Å². The molecule has 7 heteroatoms. The normalized spacial score (nSPS) is 18.4. The lowest BCUT2D eigenvalue weighted by Gasteiger charge is -2.33. The van der Waals surface area contributed by atoms with Crippen LogP contribution in [-0.4, -0.2) is 60.2 Å². The molecular formula is C30H32N4O3. The molecule has 0 aromatic heterocycles. The second-order valence-electron chi connectivity index (χ2n) is 9.53. The Morgan fingerprint density at radius 2 is 1.57 bits per heavy atom. The summed E-state index contributed by atoms with van der Waals surface area (Å²) in [5, 5.41) is 9.59. The van der Waals surface area contributed by atoms with Gasteiger partial charge in [-0.3, -0.25) is 14.5 Å². The van der Waals surface area contributed by atoms with Crippen LogP contribution >= 0.6 is 0 Å². The number of rotatable bonds is 7. The number of hydrogen-bond donors (Lipinski definition) is 1. The van der Waals surface area contributed by atoms with Gasteiger partial charge >= 0.3 is 0 Å². The van der Waals surface area contributed by atoms with Gasteiger partial charge in [0.2, 0.25) is 0 Å². The summed E-state index contributed by atoms with van der Waals surface area (Å²) in [5.74, 6) is 0.724. The first-order valence-electron chi connectivity index (χ1n) is 12.8. The van der Waals surface area contributed by atoms with Gasteiger partial charge in [0.25, 0.3) is 11.8 Å². The number of amides is 2. The quantitative estimate of drug-likeness (QED) is 0.530. The zero-order chi connectivity index (χ0) is 25.6. The number of nitrogens with one attached hydrogen (secondary N) is 1. The number of carbonyl (C=O) groups excluding carboxylic acids is 2. The molecule has 1 N–H and O–H groups in total. The van der Waals surface area contributed by atoms with Gasteiger partial charge < -0.3 is 10.1 Å². The first kappa shape index (κ1) is 24.7. The topological polar surface area (TPSA) is 74.2 Å². The summed E-state index contributed by atoms with van der Waals surface area (Å²) in [6, 6.07) is 27.1. The number of nitrogens with zero attached hydrogens (tertiary/aromatic N) is 3. The molecule has 3 aromatic rings. The number of piperidine rings is 1. The Labute approximate surface area is 217 Å². The Morgan fingerprint density at radius 3 is 2.22 bits per heavy atom. The second-order valence-corrected chi connectivity index (χ2v) is 9.53. The molecule has 1 saturated heterocycles. The minimum absolute atomic E-state index is 0.0153. The maximum atomic E-state index is 13.5. The summed E-state index contributed by atoms with van der Waals surface area (Å²) in [7, 11) is 1.65. The van der Waals surface area contributed by atoms with E-state index in [1.165, 1.54) is 0 Å². The van der Waals surface area contributed by atoms with E-state index in [0.29, 0.717) is 18.5 Å². The van der Waals surface area contributed by atoms with Crippen molar-refractivity contribution in [3.63, 3.8) is 0 Å². The van der Waals surface area contributed by atoms with E-state index in [1.54, 1.807) is 12.1 Å². The third-order valence-corrected chi connectivity index (χ3v) is 7.09. The largest absolute Gasteiger partial charge is 0.497 e. The van der Waals surface area contributed by atoms with Crippen LogP contribution in [0.2, 0.25) is 0 Å². The van der Waals surface area contributed by atoms with E-state index in [-0.39, 0.29) is 23.9 Å². The second kappa shape index (κ2) is 11.4. The molecule has 2 aliphatic heterocycles. The molecule has 2 aliphatic rings. The highest BCUT2D eigenvalue weighted by atomic mass is 16.5. The summed E-state index contributed by atoms with van der Waals surface area (Å²) in [6.45, 7) is 1.81. The Balaban J connectivity index is 1.23. The lowest BCUT2D eigenvalue weighted by atomic mass is 9.98. The number of hydrogen-bond acceptors (Lipinski definition) is 5. The van der Waals surface area contributed by atoms with Crippen molar-refractivity contribution in [2.24, 2.45) is 5.10 Å². The van der Waals surface area contributed by atoms with E-state index in [2.05, 4.69) is 10.2 Å². The van der Waals surface area contributed by atoms with Crippen LogP contribution in [0, 0.1) is 0 Å². The minimum atomic E-state index is -0.156. The van der Waals surface area contributed by atoms with Gasteiger partial charge in [0.15, 0.2) is 0 Å². The Hall–Kier alpha value is -3.97. The van der Waals surface area contributed by atoms with Crippen molar-refractivity contribution in [3.8, 4) is 5.75 Å². The number of hydrazone groups is 1. The highest BCUT2D eigenvalue weighted by Crippen LogP contribution is 2.33. The van der Waals surface area contributed by atoms with Crippen molar-refractivity contribution >= 4 is 17.5 Å². The summed E-state index contributed by atoms with van der Waals surface area (Å²) in [4.78, 5) is 28.2. The van der Waals surface area contributed by atoms with Gasteiger partial charge in [0.1, 0.15) is 5.75 Å². The van der Waals surface area contributed by atoms with Crippen LogP contribution in [-0.2, 0) is 4.79 Å². The molecule has 0 saturated carbocycles. The molecule has 7 nitrogen and oxygen atoms in total. The molecular weight excluding hydrogens is 464 g/mol. The molecule has 1 atom stereocenters. The average molecular weight is 497 g/mol. The van der Waals surface area contributed by atoms with Crippen molar-refractivity contribution in [2.45, 2.75) is 31.3 Å². The third kappa shape index (κ3) is 5.89. The average Bonchev–Trinajstić information content (AvgIpc) is 3.41. The van der Waals surface area contributed by atoms with Crippen molar-refractivity contribution in [2.75, 3.05) is 26.7 Å². The van der Waals surface area contributed by atoms with Crippen molar-refractivity contribution in [3.05, 3.63) is 102 Å². The lowest BCUT2D eigenvalue weighted by Crippen LogP contribution is -2.47. The van der Waals surface area contributed by atoms with Crippen LogP contribution in [0.25, 0.3) is 0 Å². The van der Waals surface area contributed by atoms with E-state index < -0.39 is 0 Å². The van der Waals surface area contributed by atoms with Gasteiger partial charge in [-0.25, -0.2) is 5.01 Å². The molecule has 3 aromatic carbocycles. The first-order valence-corrected chi connectivity index (χ1v) is 12.8. The van der Waals surface area contributed by atoms with Crippen molar-refractivity contribution < 1.29 is 14.3 Å². The predicted molar refractivity (Wildman–Crippen MR) is 144 cm³/mol. The number of benzene rings is 3. The van der Waals surface area contributed by atoms with Crippen LogP contribution in [0.1, 0.15) is 46.8 Å². The van der Waals surface area contributed by atoms with Crippen LogP contribution in [0.3, 0.4) is 0 Å². The zero-order valence-electron chi connectivity index (χ0n) is 21.0. The molecule has 2 heterocycles. The number of ether oxygens (including phenoxy) is 1. The van der Waals surface area contributed by atoms with Gasteiger partial charge in [-0.1, -0.05) is 60.7 Å². The fourth-order valence-corrected chi connectivity index (χ4v) is 4.99. The van der Waals surface area contributed by atoms with E-state index in [0.717, 1.165) is 48.5 Å². The Bertz CT molecular complexity index is 1240. The van der Waals surface area contributed by atoms with Gasteiger partial charge in [-0.15, -0.1) is 0 Å². The lowest BCUT2D eigenvalue weighted by molar-refractivity contribution is -0.134. The Morgan fingerprint density at radius 1 is 0.919 bits per heavy atom. The zero-order valence-corrected chi connectivity index (χ0v) is 21.0. The minimum Gasteiger partial charge on any atom is -0.497 e. The third-order valence-electron chi connectivity index (χ3n) is 7.09. The monoisotopic (exact) mass is 496 g/mol. The molecule has 1 fully saturated rings. The molecule has 5 rings (SSSR count). The van der Waals surface area contributed by atoms with Gasteiger partial charge in [-0.05, 0) is 48.2 Å². The maximum absolute atomic E-state index is 13.5. The van der Waals surface area contributed by atoms with Gasteiger partial charge in [0, 0.05) is 31.1 Å². The van der Waals surface area contributed by atoms with Gasteiger partial charge in [0.05, 0.1) is 25.4 Å². The molecule has 190 valence electrons. The Kier molecular flexibility index (Phi) is 7.61. The van der Waals surface area contributed by atoms with E-state index in [9.17, 15) is 9.59 Å². The standard InChI is InChI=1S/C30H32N4O3/c1-37-26-14-12-23(13-15-26)28-20-27(22-8-4-2-5-9-22)32-34(28)29(35)21-33-18-16-25(17-19-33)31-30(36)24-10-6-3-7-11-24/h2-15,25,28H,16-21H2,1H3,(H,31,36). The highest BCUT2D eigenvalue weighted by Gasteiger charge is 2.34. The smallest absolute Gasteiger partial charge is 0.257 e. The van der Waals surface area contributed by atoms with Crippen molar-refractivity contribution in [1.29, 1.82) is 0 Å². The van der Waals surface area contributed by atoms with Crippen LogP contribution < -0.4 is 10.1 Å². The highest BCUT2D eigenvalue weighted by molar-refractivity contribution is 6.03. The molecule has 0 radical (unpaired) electrons. The summed E-state index contributed by atoms with van der Waals surface area (Å²) in [5.41, 5.74) is 3.65. The summed E-state index contributed by atoms with van der Waals surface area (Å²) in [6.07, 6.45) is 2.29. The molecule has 1 unspecified atom stereocenters. The fraction of sp³-hybridized carbons (Fsp3) is 0.300. The fourth-order valence-electron chi connectivity index (χ4n) is 4.99. The molecule has 0 bridgehead atoms. The summed E-state index contributed by atoms with van der Waals surface area (Å²) >= 11 is 0. The van der Waals surface area contributed by atoms with Crippen LogP contribution in [0.15, 0.2) is 90.0 Å². The van der Waals surface area contributed by atoms with Crippen LogP contribution in [0.4, 0.5) is 0 Å². The number of methoxy groups -OCH3 is 1. The molecule has 0 aliphatic carbocycles. The predicted octanol–water partition coefficient (Wildman–Crippen LogP) is 4.27. The molecule has 2 amide bonds. The van der Waals surface area contributed by atoms with Crippen LogP contribution in [0.5, 0.6) is 5.75 Å².